The highest BCUT2D eigenvalue weighted by atomic mass is 35.5. The van der Waals surface area contributed by atoms with Crippen LogP contribution in [0.15, 0.2) is 28.8 Å². The zero-order chi connectivity index (χ0) is 18.2. The van der Waals surface area contributed by atoms with Gasteiger partial charge in [-0.2, -0.15) is 13.2 Å². The Morgan fingerprint density at radius 1 is 1.16 bits per heavy atom. The summed E-state index contributed by atoms with van der Waals surface area (Å²) in [7, 11) is 0. The molecule has 1 fully saturated rings. The molecule has 0 saturated carbocycles. The number of hydrogen-bond donors (Lipinski definition) is 0. The zero-order valence-electron chi connectivity index (χ0n) is 12.7. The fourth-order valence-electron chi connectivity index (χ4n) is 2.52. The molecule has 25 heavy (non-hydrogen) atoms. The number of hydrogen-bond acceptors (Lipinski definition) is 4. The van der Waals surface area contributed by atoms with E-state index in [9.17, 15) is 18.0 Å². The van der Waals surface area contributed by atoms with Crippen molar-refractivity contribution in [3.63, 3.8) is 0 Å². The lowest BCUT2D eigenvalue weighted by Gasteiger charge is -2.35. The Bertz CT molecular complexity index is 787. The van der Waals surface area contributed by atoms with E-state index in [0.29, 0.717) is 26.2 Å². The van der Waals surface area contributed by atoms with Crippen molar-refractivity contribution in [3.8, 4) is 0 Å². The predicted octanol–water partition coefficient (Wildman–Crippen LogP) is 3.96. The van der Waals surface area contributed by atoms with E-state index in [1.165, 1.54) is 12.1 Å². The summed E-state index contributed by atoms with van der Waals surface area (Å²) in [6, 6.07) is 3.83. The number of furan rings is 1. The van der Waals surface area contributed by atoms with E-state index >= 15 is 0 Å². The van der Waals surface area contributed by atoms with Gasteiger partial charge in [0, 0.05) is 32.4 Å². The second kappa shape index (κ2) is 6.76. The molecule has 1 aliphatic heterocycles. The van der Waals surface area contributed by atoms with Crippen LogP contribution < -0.4 is 4.90 Å². The molecule has 5 nitrogen and oxygen atoms in total. The Hall–Kier alpha value is -1.93. The fraction of sp³-hybridized carbons (Fsp3) is 0.333. The number of carbonyl (C=O) groups excluding carboxylic acids is 1. The van der Waals surface area contributed by atoms with Gasteiger partial charge < -0.3 is 14.2 Å². The van der Waals surface area contributed by atoms with Crippen LogP contribution in [-0.4, -0.2) is 42.0 Å². The Labute approximate surface area is 150 Å². The molecule has 0 radical (unpaired) electrons. The van der Waals surface area contributed by atoms with Gasteiger partial charge in [-0.1, -0.05) is 11.6 Å². The third kappa shape index (κ3) is 3.85. The smallest absolute Gasteiger partial charge is 0.417 e. The summed E-state index contributed by atoms with van der Waals surface area (Å²) in [6.07, 6.45) is -3.74. The Balaban J connectivity index is 1.67. The van der Waals surface area contributed by atoms with Crippen LogP contribution in [0, 0.1) is 0 Å². The van der Waals surface area contributed by atoms with Crippen LogP contribution in [0.4, 0.5) is 19.0 Å². The minimum atomic E-state index is -4.50. The van der Waals surface area contributed by atoms with Gasteiger partial charge in [-0.05, 0) is 29.8 Å². The molecule has 0 spiro atoms. The maximum absolute atomic E-state index is 12.7. The molecule has 0 bridgehead atoms. The van der Waals surface area contributed by atoms with Gasteiger partial charge >= 0.3 is 6.18 Å². The first-order chi connectivity index (χ1) is 11.8. The molecule has 0 N–H and O–H groups in total. The van der Waals surface area contributed by atoms with E-state index in [1.807, 2.05) is 0 Å². The number of anilines is 1. The molecule has 1 saturated heterocycles. The summed E-state index contributed by atoms with van der Waals surface area (Å²) >= 11 is 11.6. The predicted molar refractivity (Wildman–Crippen MR) is 86.1 cm³/mol. The molecule has 10 heteroatoms. The maximum atomic E-state index is 12.7. The average Bonchev–Trinajstić information content (AvgIpc) is 3.00. The van der Waals surface area contributed by atoms with Gasteiger partial charge in [0.05, 0.1) is 10.6 Å². The van der Waals surface area contributed by atoms with Crippen molar-refractivity contribution in [2.24, 2.45) is 0 Å². The first-order valence-electron chi connectivity index (χ1n) is 7.28. The Morgan fingerprint density at radius 2 is 1.84 bits per heavy atom. The SMILES string of the molecule is O=C(c1ccc(Cl)o1)N1CCN(c2ncc(C(F)(F)F)cc2Cl)CC1. The van der Waals surface area contributed by atoms with Gasteiger partial charge in [-0.25, -0.2) is 4.98 Å². The van der Waals surface area contributed by atoms with E-state index in [0.717, 1.165) is 12.3 Å². The van der Waals surface area contributed by atoms with Crippen LogP contribution >= 0.6 is 23.2 Å². The quantitative estimate of drug-likeness (QED) is 0.774. The van der Waals surface area contributed by atoms with Crippen LogP contribution in [0.2, 0.25) is 10.2 Å². The number of halogens is 5. The minimum absolute atomic E-state index is 0.0765. The van der Waals surface area contributed by atoms with Crippen molar-refractivity contribution in [3.05, 3.63) is 46.0 Å². The van der Waals surface area contributed by atoms with Crippen LogP contribution in [0.1, 0.15) is 16.1 Å². The number of pyridine rings is 1. The fourth-order valence-corrected chi connectivity index (χ4v) is 2.96. The Morgan fingerprint density at radius 3 is 2.36 bits per heavy atom. The summed E-state index contributed by atoms with van der Waals surface area (Å²) in [5.74, 6) is 0.116. The lowest BCUT2D eigenvalue weighted by atomic mass is 10.2. The van der Waals surface area contributed by atoms with Gasteiger partial charge in [0.15, 0.2) is 11.0 Å². The molecule has 2 aromatic rings. The van der Waals surface area contributed by atoms with Gasteiger partial charge in [0.1, 0.15) is 5.82 Å². The molecule has 0 unspecified atom stereocenters. The molecule has 1 aliphatic rings. The lowest BCUT2D eigenvalue weighted by Crippen LogP contribution is -2.49. The maximum Gasteiger partial charge on any atom is 0.417 e. The molecule has 0 atom stereocenters. The standard InChI is InChI=1S/C15H12Cl2F3N3O2/c16-10-7-9(15(18,19)20)8-21-13(10)22-3-5-23(6-4-22)14(24)11-1-2-12(17)25-11/h1-2,7-8H,3-6H2. The van der Waals surface area contributed by atoms with Gasteiger partial charge in [0.25, 0.3) is 5.91 Å². The molecule has 2 aromatic heterocycles. The minimum Gasteiger partial charge on any atom is -0.440 e. The van der Waals surface area contributed by atoms with Crippen molar-refractivity contribution in [1.82, 2.24) is 9.88 Å². The van der Waals surface area contributed by atoms with Gasteiger partial charge in [-0.3, -0.25) is 4.79 Å². The monoisotopic (exact) mass is 393 g/mol. The molecule has 1 amide bonds. The largest absolute Gasteiger partial charge is 0.440 e. The molecule has 3 rings (SSSR count). The average molecular weight is 394 g/mol. The molecular weight excluding hydrogens is 382 g/mol. The number of nitrogens with zero attached hydrogens (tertiary/aromatic N) is 3. The summed E-state index contributed by atoms with van der Waals surface area (Å²) in [5, 5.41) is 0.0511. The summed E-state index contributed by atoms with van der Waals surface area (Å²) in [5.41, 5.74) is -0.898. The highest BCUT2D eigenvalue weighted by Crippen LogP contribution is 2.33. The third-order valence-corrected chi connectivity index (χ3v) is 4.28. The number of piperazine rings is 1. The normalized spacial score (nSPS) is 15.6. The summed E-state index contributed by atoms with van der Waals surface area (Å²) in [4.78, 5) is 19.4. The van der Waals surface area contributed by atoms with Crippen molar-refractivity contribution in [1.29, 1.82) is 0 Å². The summed E-state index contributed by atoms with van der Waals surface area (Å²) < 4.78 is 43.1. The molecule has 3 heterocycles. The molecular formula is C15H12Cl2F3N3O2. The lowest BCUT2D eigenvalue weighted by molar-refractivity contribution is -0.137. The number of alkyl halides is 3. The van der Waals surface area contributed by atoms with Crippen LogP contribution in [-0.2, 0) is 6.18 Å². The third-order valence-electron chi connectivity index (χ3n) is 3.80. The van der Waals surface area contributed by atoms with Gasteiger partial charge in [-0.15, -0.1) is 0 Å². The topological polar surface area (TPSA) is 49.6 Å². The van der Waals surface area contributed by atoms with E-state index in [1.54, 1.807) is 9.80 Å². The first kappa shape index (κ1) is 17.9. The Kier molecular flexibility index (Phi) is 4.83. The molecule has 0 aromatic carbocycles. The van der Waals surface area contributed by atoms with Crippen molar-refractivity contribution < 1.29 is 22.4 Å². The van der Waals surface area contributed by atoms with E-state index in [2.05, 4.69) is 4.98 Å². The highest BCUT2D eigenvalue weighted by Gasteiger charge is 2.32. The van der Waals surface area contributed by atoms with Crippen LogP contribution in [0.25, 0.3) is 0 Å². The number of aromatic nitrogens is 1. The number of amides is 1. The summed E-state index contributed by atoms with van der Waals surface area (Å²) in [6.45, 7) is 1.49. The van der Waals surface area contributed by atoms with Gasteiger partial charge in [0.2, 0.25) is 0 Å². The molecule has 0 aliphatic carbocycles. The number of rotatable bonds is 2. The highest BCUT2D eigenvalue weighted by molar-refractivity contribution is 6.33. The van der Waals surface area contributed by atoms with Crippen molar-refractivity contribution >= 4 is 34.9 Å². The second-order valence-corrected chi connectivity index (χ2v) is 6.19. The first-order valence-corrected chi connectivity index (χ1v) is 8.03. The zero-order valence-corrected chi connectivity index (χ0v) is 14.2. The van der Waals surface area contributed by atoms with E-state index in [-0.39, 0.29) is 27.7 Å². The van der Waals surface area contributed by atoms with Crippen molar-refractivity contribution in [2.75, 3.05) is 31.1 Å². The van der Waals surface area contributed by atoms with Crippen LogP contribution in [0.3, 0.4) is 0 Å². The van der Waals surface area contributed by atoms with E-state index in [4.69, 9.17) is 27.6 Å². The van der Waals surface area contributed by atoms with E-state index < -0.39 is 11.7 Å². The molecule has 134 valence electrons. The second-order valence-electron chi connectivity index (χ2n) is 5.41. The van der Waals surface area contributed by atoms with Crippen molar-refractivity contribution in [2.45, 2.75) is 6.18 Å². The number of carbonyl (C=O) groups is 1. The van der Waals surface area contributed by atoms with Crippen LogP contribution in [0.5, 0.6) is 0 Å².